The van der Waals surface area contributed by atoms with Crippen LogP contribution in [-0.2, 0) is 4.74 Å². The van der Waals surface area contributed by atoms with Crippen LogP contribution >= 0.6 is 11.6 Å². The number of ether oxygens (including phenoxy) is 1. The third kappa shape index (κ3) is 1.91. The molecule has 0 unspecified atom stereocenters. The molecule has 0 radical (unpaired) electrons. The van der Waals surface area contributed by atoms with Crippen molar-refractivity contribution in [2.75, 3.05) is 11.9 Å². The van der Waals surface area contributed by atoms with E-state index in [1.807, 2.05) is 12.1 Å². The van der Waals surface area contributed by atoms with Crippen molar-refractivity contribution < 1.29 is 4.74 Å². The molecule has 0 aliphatic carbocycles. The van der Waals surface area contributed by atoms with Crippen LogP contribution in [0.25, 0.3) is 0 Å². The van der Waals surface area contributed by atoms with E-state index < -0.39 is 0 Å². The molecule has 1 N–H and O–H groups in total. The Bertz CT molecular complexity index is 628. The van der Waals surface area contributed by atoms with Gasteiger partial charge in [-0.05, 0) is 30.2 Å². The van der Waals surface area contributed by atoms with Crippen molar-refractivity contribution in [3.63, 3.8) is 0 Å². The zero-order chi connectivity index (χ0) is 13.5. The molecule has 2 aromatic carbocycles. The zero-order valence-electron chi connectivity index (χ0n) is 11.1. The first-order chi connectivity index (χ1) is 9.83. The van der Waals surface area contributed by atoms with Gasteiger partial charge in [0.25, 0.3) is 0 Å². The highest BCUT2D eigenvalue weighted by Gasteiger charge is 2.41. The molecule has 1 fully saturated rings. The Morgan fingerprint density at radius 2 is 1.95 bits per heavy atom. The molecule has 3 heteroatoms. The lowest BCUT2D eigenvalue weighted by molar-refractivity contribution is 0.0829. The van der Waals surface area contributed by atoms with Crippen LogP contribution in [0.5, 0.6) is 0 Å². The molecule has 2 aliphatic rings. The number of fused-ring (bicyclic) bond motifs is 3. The van der Waals surface area contributed by atoms with Gasteiger partial charge in [0, 0.05) is 28.8 Å². The van der Waals surface area contributed by atoms with Crippen molar-refractivity contribution in [1.82, 2.24) is 0 Å². The Hall–Kier alpha value is -1.51. The maximum absolute atomic E-state index is 6.14. The highest BCUT2D eigenvalue weighted by Crippen LogP contribution is 2.50. The van der Waals surface area contributed by atoms with Gasteiger partial charge < -0.3 is 10.1 Å². The summed E-state index contributed by atoms with van der Waals surface area (Å²) < 4.78 is 5.99. The summed E-state index contributed by atoms with van der Waals surface area (Å²) in [4.78, 5) is 0. The first kappa shape index (κ1) is 12.2. The minimum absolute atomic E-state index is 0.162. The lowest BCUT2D eigenvalue weighted by Crippen LogP contribution is -2.29. The maximum Gasteiger partial charge on any atom is 0.0897 e. The summed E-state index contributed by atoms with van der Waals surface area (Å²) in [5.41, 5.74) is 3.67. The minimum Gasteiger partial charge on any atom is -0.378 e. The third-order valence-electron chi connectivity index (χ3n) is 4.36. The van der Waals surface area contributed by atoms with Gasteiger partial charge in [0.05, 0.1) is 12.1 Å². The van der Waals surface area contributed by atoms with Crippen molar-refractivity contribution in [1.29, 1.82) is 0 Å². The second-order valence-electron chi connectivity index (χ2n) is 5.51. The number of nitrogens with one attached hydrogen (secondary N) is 1. The summed E-state index contributed by atoms with van der Waals surface area (Å²) in [7, 11) is 0. The molecule has 102 valence electrons. The molecule has 20 heavy (non-hydrogen) atoms. The normalized spacial score (nSPS) is 27.6. The van der Waals surface area contributed by atoms with E-state index in [4.69, 9.17) is 16.3 Å². The topological polar surface area (TPSA) is 21.3 Å². The minimum atomic E-state index is 0.162. The van der Waals surface area contributed by atoms with Crippen LogP contribution in [0.1, 0.15) is 29.7 Å². The van der Waals surface area contributed by atoms with E-state index in [0.717, 1.165) is 23.7 Å². The van der Waals surface area contributed by atoms with Gasteiger partial charge in [0.1, 0.15) is 0 Å². The van der Waals surface area contributed by atoms with Crippen LogP contribution in [-0.4, -0.2) is 6.61 Å². The number of rotatable bonds is 1. The van der Waals surface area contributed by atoms with Crippen molar-refractivity contribution in [2.45, 2.75) is 18.6 Å². The van der Waals surface area contributed by atoms with Gasteiger partial charge in [-0.1, -0.05) is 41.9 Å². The molecule has 2 nitrogen and oxygen atoms in total. The summed E-state index contributed by atoms with van der Waals surface area (Å²) >= 11 is 6.14. The van der Waals surface area contributed by atoms with Gasteiger partial charge in [-0.2, -0.15) is 0 Å². The van der Waals surface area contributed by atoms with E-state index in [1.54, 1.807) is 0 Å². The van der Waals surface area contributed by atoms with Crippen molar-refractivity contribution in [3.05, 3.63) is 64.7 Å². The number of halogens is 1. The van der Waals surface area contributed by atoms with Crippen LogP contribution in [0.3, 0.4) is 0 Å². The largest absolute Gasteiger partial charge is 0.378 e. The van der Waals surface area contributed by atoms with E-state index >= 15 is 0 Å². The highest BCUT2D eigenvalue weighted by molar-refractivity contribution is 6.30. The van der Waals surface area contributed by atoms with Crippen LogP contribution in [0.15, 0.2) is 48.5 Å². The van der Waals surface area contributed by atoms with Gasteiger partial charge in [0.2, 0.25) is 0 Å². The van der Waals surface area contributed by atoms with E-state index in [0.29, 0.717) is 12.0 Å². The standard InChI is InChI=1S/C17H16ClNO/c18-12-6-7-15-14(10-12)17-13(8-9-20-17)16(19-15)11-4-2-1-3-5-11/h1-7,10,13,16-17,19H,8-9H2/t13-,16+,17-/m1/s1. The molecule has 0 amide bonds. The molecular weight excluding hydrogens is 270 g/mol. The molecule has 0 aromatic heterocycles. The molecule has 0 bridgehead atoms. The lowest BCUT2D eigenvalue weighted by atomic mass is 9.81. The third-order valence-corrected chi connectivity index (χ3v) is 4.59. The average Bonchev–Trinajstić information content (AvgIpc) is 2.97. The Morgan fingerprint density at radius 3 is 2.80 bits per heavy atom. The number of anilines is 1. The monoisotopic (exact) mass is 285 g/mol. The van der Waals surface area contributed by atoms with Crippen molar-refractivity contribution in [3.8, 4) is 0 Å². The van der Waals surface area contributed by atoms with E-state index in [2.05, 4.69) is 41.7 Å². The first-order valence-electron chi connectivity index (χ1n) is 7.05. The fourth-order valence-electron chi connectivity index (χ4n) is 3.43. The van der Waals surface area contributed by atoms with Gasteiger partial charge in [-0.3, -0.25) is 0 Å². The molecule has 4 rings (SSSR count). The summed E-state index contributed by atoms with van der Waals surface area (Å²) in [6.45, 7) is 0.826. The van der Waals surface area contributed by atoms with Crippen molar-refractivity contribution in [2.24, 2.45) is 5.92 Å². The Morgan fingerprint density at radius 1 is 1.10 bits per heavy atom. The average molecular weight is 286 g/mol. The van der Waals surface area contributed by atoms with Crippen LogP contribution in [0.4, 0.5) is 5.69 Å². The number of hydrogen-bond donors (Lipinski definition) is 1. The fraction of sp³-hybridized carbons (Fsp3) is 0.294. The van der Waals surface area contributed by atoms with E-state index in [9.17, 15) is 0 Å². The smallest absolute Gasteiger partial charge is 0.0897 e. The van der Waals surface area contributed by atoms with Crippen LogP contribution < -0.4 is 5.32 Å². The quantitative estimate of drug-likeness (QED) is 0.828. The van der Waals surface area contributed by atoms with E-state index in [1.165, 1.54) is 11.1 Å². The predicted molar refractivity (Wildman–Crippen MR) is 81.1 cm³/mol. The predicted octanol–water partition coefficient (Wildman–Crippen LogP) is 4.58. The Labute approximate surface area is 123 Å². The van der Waals surface area contributed by atoms with Gasteiger partial charge in [-0.25, -0.2) is 0 Å². The number of hydrogen-bond acceptors (Lipinski definition) is 2. The van der Waals surface area contributed by atoms with Gasteiger partial charge >= 0.3 is 0 Å². The van der Waals surface area contributed by atoms with E-state index in [-0.39, 0.29) is 6.10 Å². The van der Waals surface area contributed by atoms with Crippen LogP contribution in [0.2, 0.25) is 5.02 Å². The van der Waals surface area contributed by atoms with Crippen molar-refractivity contribution >= 4 is 17.3 Å². The first-order valence-corrected chi connectivity index (χ1v) is 7.43. The summed E-state index contributed by atoms with van der Waals surface area (Å²) in [5, 5.41) is 4.45. The molecule has 0 saturated carbocycles. The second kappa shape index (κ2) is 4.80. The fourth-order valence-corrected chi connectivity index (χ4v) is 3.61. The maximum atomic E-state index is 6.14. The highest BCUT2D eigenvalue weighted by atomic mass is 35.5. The molecule has 2 heterocycles. The summed E-state index contributed by atoms with van der Waals surface area (Å²) in [6.07, 6.45) is 1.25. The molecular formula is C17H16ClNO. The zero-order valence-corrected chi connectivity index (χ0v) is 11.8. The molecule has 2 aliphatic heterocycles. The molecule has 3 atom stereocenters. The molecule has 2 aromatic rings. The molecule has 1 saturated heterocycles. The number of benzene rings is 2. The summed E-state index contributed by atoms with van der Waals surface area (Å²) in [5.74, 6) is 0.475. The SMILES string of the molecule is Clc1ccc2c(c1)[C@@H]1OCC[C@@H]1[C@H](c1ccccc1)N2. The Balaban J connectivity index is 1.79. The Kier molecular flexibility index (Phi) is 2.94. The van der Waals surface area contributed by atoms with Crippen LogP contribution in [0, 0.1) is 5.92 Å². The summed E-state index contributed by atoms with van der Waals surface area (Å²) in [6, 6.07) is 17.0. The molecule has 0 spiro atoms. The van der Waals surface area contributed by atoms with Gasteiger partial charge in [0.15, 0.2) is 0 Å². The lowest BCUT2D eigenvalue weighted by Gasteiger charge is -2.36. The van der Waals surface area contributed by atoms with Gasteiger partial charge in [-0.15, -0.1) is 0 Å². The second-order valence-corrected chi connectivity index (χ2v) is 5.94.